The summed E-state index contributed by atoms with van der Waals surface area (Å²) < 4.78 is 5.56. The van der Waals surface area contributed by atoms with Crippen LogP contribution in [0.3, 0.4) is 0 Å². The Hall–Kier alpha value is -1.62. The van der Waals surface area contributed by atoms with Gasteiger partial charge in [-0.1, -0.05) is 0 Å². The average molecular weight is 249 g/mol. The van der Waals surface area contributed by atoms with Gasteiger partial charge in [-0.05, 0) is 45.4 Å². The SMILES string of the molecule is CC(C)Oc1ncccc1NC(=O)C1CCCN1. The van der Waals surface area contributed by atoms with Gasteiger partial charge in [0, 0.05) is 6.20 Å². The molecule has 1 atom stereocenters. The number of hydrogen-bond donors (Lipinski definition) is 2. The van der Waals surface area contributed by atoms with Crippen molar-refractivity contribution in [3.63, 3.8) is 0 Å². The number of ether oxygens (including phenoxy) is 1. The fourth-order valence-corrected chi connectivity index (χ4v) is 1.93. The summed E-state index contributed by atoms with van der Waals surface area (Å²) in [6, 6.07) is 3.49. The van der Waals surface area contributed by atoms with Crippen molar-refractivity contribution >= 4 is 11.6 Å². The van der Waals surface area contributed by atoms with Crippen molar-refractivity contribution in [2.24, 2.45) is 0 Å². The molecular formula is C13H19N3O2. The maximum atomic E-state index is 12.0. The predicted molar refractivity (Wildman–Crippen MR) is 69.7 cm³/mol. The summed E-state index contributed by atoms with van der Waals surface area (Å²) >= 11 is 0. The Morgan fingerprint density at radius 1 is 1.61 bits per heavy atom. The number of rotatable bonds is 4. The number of aromatic nitrogens is 1. The lowest BCUT2D eigenvalue weighted by molar-refractivity contribution is -0.117. The van der Waals surface area contributed by atoms with Crippen molar-refractivity contribution in [2.45, 2.75) is 38.8 Å². The second-order valence-corrected chi connectivity index (χ2v) is 4.66. The fourth-order valence-electron chi connectivity index (χ4n) is 1.93. The number of nitrogens with zero attached hydrogens (tertiary/aromatic N) is 1. The lowest BCUT2D eigenvalue weighted by Crippen LogP contribution is -2.35. The van der Waals surface area contributed by atoms with E-state index in [4.69, 9.17) is 4.74 Å². The first-order chi connectivity index (χ1) is 8.66. The molecule has 0 radical (unpaired) electrons. The van der Waals surface area contributed by atoms with E-state index >= 15 is 0 Å². The molecule has 1 fully saturated rings. The molecule has 5 nitrogen and oxygen atoms in total. The first-order valence-corrected chi connectivity index (χ1v) is 6.32. The van der Waals surface area contributed by atoms with Crippen LogP contribution in [-0.2, 0) is 4.79 Å². The van der Waals surface area contributed by atoms with Gasteiger partial charge in [0.1, 0.15) is 5.69 Å². The molecule has 0 saturated carbocycles. The number of amides is 1. The minimum Gasteiger partial charge on any atom is -0.473 e. The highest BCUT2D eigenvalue weighted by atomic mass is 16.5. The molecule has 2 heterocycles. The number of anilines is 1. The molecule has 0 spiro atoms. The van der Waals surface area contributed by atoms with Gasteiger partial charge in [-0.3, -0.25) is 4.79 Å². The Balaban J connectivity index is 2.05. The maximum absolute atomic E-state index is 12.0. The Bertz CT molecular complexity index is 414. The summed E-state index contributed by atoms with van der Waals surface area (Å²) in [6.45, 7) is 4.76. The number of pyridine rings is 1. The minimum atomic E-state index is -0.0999. The summed E-state index contributed by atoms with van der Waals surface area (Å²) in [5.41, 5.74) is 0.630. The smallest absolute Gasteiger partial charge is 0.241 e. The Labute approximate surface area is 107 Å². The van der Waals surface area contributed by atoms with E-state index in [-0.39, 0.29) is 18.1 Å². The highest BCUT2D eigenvalue weighted by Crippen LogP contribution is 2.22. The van der Waals surface area contributed by atoms with Crippen molar-refractivity contribution < 1.29 is 9.53 Å². The third kappa shape index (κ3) is 3.20. The lowest BCUT2D eigenvalue weighted by Gasteiger charge is -2.15. The normalized spacial score (nSPS) is 18.9. The molecule has 0 aliphatic carbocycles. The van der Waals surface area contributed by atoms with Crippen LogP contribution in [-0.4, -0.2) is 29.6 Å². The van der Waals surface area contributed by atoms with Crippen LogP contribution in [0.2, 0.25) is 0 Å². The average Bonchev–Trinajstić information content (AvgIpc) is 2.84. The van der Waals surface area contributed by atoms with E-state index in [0.717, 1.165) is 19.4 Å². The van der Waals surface area contributed by atoms with Gasteiger partial charge in [0.05, 0.1) is 12.1 Å². The standard InChI is InChI=1S/C13H19N3O2/c1-9(2)18-13-11(6-4-8-15-13)16-12(17)10-5-3-7-14-10/h4,6,8-10,14H,3,5,7H2,1-2H3,(H,16,17). The molecule has 2 rings (SSSR count). The molecule has 1 unspecified atom stereocenters. The molecule has 18 heavy (non-hydrogen) atoms. The molecule has 0 aromatic carbocycles. The lowest BCUT2D eigenvalue weighted by atomic mass is 10.2. The molecule has 1 aliphatic heterocycles. The van der Waals surface area contributed by atoms with E-state index in [0.29, 0.717) is 11.6 Å². The number of nitrogens with one attached hydrogen (secondary N) is 2. The zero-order valence-corrected chi connectivity index (χ0v) is 10.8. The summed E-state index contributed by atoms with van der Waals surface area (Å²) in [6.07, 6.45) is 3.61. The first-order valence-electron chi connectivity index (χ1n) is 6.32. The van der Waals surface area contributed by atoms with E-state index in [1.54, 1.807) is 18.3 Å². The van der Waals surface area contributed by atoms with Crippen molar-refractivity contribution in [1.82, 2.24) is 10.3 Å². The molecule has 1 aliphatic rings. The van der Waals surface area contributed by atoms with Gasteiger partial charge in [-0.2, -0.15) is 0 Å². The van der Waals surface area contributed by atoms with Crippen LogP contribution in [0.1, 0.15) is 26.7 Å². The molecule has 5 heteroatoms. The van der Waals surface area contributed by atoms with E-state index in [1.165, 1.54) is 0 Å². The summed E-state index contributed by atoms with van der Waals surface area (Å²) in [7, 11) is 0. The molecule has 1 aromatic rings. The zero-order valence-electron chi connectivity index (χ0n) is 10.8. The molecule has 1 saturated heterocycles. The van der Waals surface area contributed by atoms with Crippen LogP contribution in [0.25, 0.3) is 0 Å². The Morgan fingerprint density at radius 2 is 2.44 bits per heavy atom. The van der Waals surface area contributed by atoms with E-state index in [9.17, 15) is 4.79 Å². The van der Waals surface area contributed by atoms with Crippen LogP contribution >= 0.6 is 0 Å². The number of carbonyl (C=O) groups excluding carboxylic acids is 1. The molecule has 98 valence electrons. The van der Waals surface area contributed by atoms with Crippen LogP contribution < -0.4 is 15.4 Å². The quantitative estimate of drug-likeness (QED) is 0.850. The van der Waals surface area contributed by atoms with Crippen molar-refractivity contribution in [3.05, 3.63) is 18.3 Å². The molecule has 1 amide bonds. The molecule has 0 bridgehead atoms. The topological polar surface area (TPSA) is 63.2 Å². The van der Waals surface area contributed by atoms with Gasteiger partial charge >= 0.3 is 0 Å². The monoisotopic (exact) mass is 249 g/mol. The number of carbonyl (C=O) groups is 1. The molecule has 1 aromatic heterocycles. The summed E-state index contributed by atoms with van der Waals surface area (Å²) in [4.78, 5) is 16.1. The Kier molecular flexibility index (Phi) is 4.15. The van der Waals surface area contributed by atoms with Crippen molar-refractivity contribution in [2.75, 3.05) is 11.9 Å². The minimum absolute atomic E-state index is 0.0193. The van der Waals surface area contributed by atoms with Crippen molar-refractivity contribution in [1.29, 1.82) is 0 Å². The van der Waals surface area contributed by atoms with E-state index in [1.807, 2.05) is 13.8 Å². The second-order valence-electron chi connectivity index (χ2n) is 4.66. The second kappa shape index (κ2) is 5.82. The largest absolute Gasteiger partial charge is 0.473 e. The zero-order chi connectivity index (χ0) is 13.0. The summed E-state index contributed by atoms with van der Waals surface area (Å²) in [5, 5.41) is 6.03. The summed E-state index contributed by atoms with van der Waals surface area (Å²) in [5.74, 6) is 0.452. The highest BCUT2D eigenvalue weighted by molar-refractivity contribution is 5.95. The fraction of sp³-hybridized carbons (Fsp3) is 0.538. The number of hydrogen-bond acceptors (Lipinski definition) is 4. The van der Waals surface area contributed by atoms with Gasteiger partial charge in [0.15, 0.2) is 0 Å². The van der Waals surface area contributed by atoms with Crippen LogP contribution in [0.4, 0.5) is 5.69 Å². The van der Waals surface area contributed by atoms with E-state index in [2.05, 4.69) is 15.6 Å². The van der Waals surface area contributed by atoms with Crippen LogP contribution in [0.5, 0.6) is 5.88 Å². The van der Waals surface area contributed by atoms with Gasteiger partial charge in [0.25, 0.3) is 0 Å². The van der Waals surface area contributed by atoms with E-state index < -0.39 is 0 Å². The van der Waals surface area contributed by atoms with Gasteiger partial charge in [-0.25, -0.2) is 4.98 Å². The van der Waals surface area contributed by atoms with Gasteiger partial charge < -0.3 is 15.4 Å². The van der Waals surface area contributed by atoms with Gasteiger partial charge in [0.2, 0.25) is 11.8 Å². The Morgan fingerprint density at radius 3 is 3.11 bits per heavy atom. The third-order valence-corrected chi connectivity index (χ3v) is 2.75. The van der Waals surface area contributed by atoms with Crippen LogP contribution in [0, 0.1) is 0 Å². The first kappa shape index (κ1) is 12.8. The van der Waals surface area contributed by atoms with Crippen molar-refractivity contribution in [3.8, 4) is 5.88 Å². The predicted octanol–water partition coefficient (Wildman–Crippen LogP) is 1.56. The third-order valence-electron chi connectivity index (χ3n) is 2.75. The molecular weight excluding hydrogens is 230 g/mol. The van der Waals surface area contributed by atoms with Gasteiger partial charge in [-0.15, -0.1) is 0 Å². The highest BCUT2D eigenvalue weighted by Gasteiger charge is 2.23. The molecule has 2 N–H and O–H groups in total. The maximum Gasteiger partial charge on any atom is 0.241 e. The van der Waals surface area contributed by atoms with Crippen LogP contribution in [0.15, 0.2) is 18.3 Å².